The number of methoxy groups -OCH3 is 2. The first-order chi connectivity index (χ1) is 18.9. The minimum Gasteiger partial charge on any atom is -0.494 e. The Balaban J connectivity index is 1.61. The number of carbonyl (C=O) groups is 1. The highest BCUT2D eigenvalue weighted by atomic mass is 16.5. The van der Waals surface area contributed by atoms with Crippen molar-refractivity contribution in [1.29, 1.82) is 0 Å². The topological polar surface area (TPSA) is 78.2 Å². The average Bonchev–Trinajstić information content (AvgIpc) is 3.22. The van der Waals surface area contributed by atoms with Gasteiger partial charge in [0.1, 0.15) is 11.3 Å². The molecule has 0 fully saturated rings. The molecule has 5 rings (SSSR count). The first kappa shape index (κ1) is 26.4. The van der Waals surface area contributed by atoms with Crippen molar-refractivity contribution in [3.63, 3.8) is 0 Å². The number of rotatable bonds is 9. The van der Waals surface area contributed by atoms with Crippen molar-refractivity contribution in [2.45, 2.75) is 39.7 Å². The Hall–Kier alpha value is -4.26. The van der Waals surface area contributed by atoms with Gasteiger partial charge in [0.15, 0.2) is 16.9 Å². The summed E-state index contributed by atoms with van der Waals surface area (Å²) in [6, 6.07) is 16.5. The van der Waals surface area contributed by atoms with Crippen LogP contribution in [0.1, 0.15) is 57.8 Å². The van der Waals surface area contributed by atoms with E-state index < -0.39 is 6.04 Å². The molecule has 1 aliphatic rings. The lowest BCUT2D eigenvalue weighted by molar-refractivity contribution is 0.0729. The van der Waals surface area contributed by atoms with Gasteiger partial charge >= 0.3 is 0 Å². The maximum atomic E-state index is 14.0. The third-order valence-corrected chi connectivity index (χ3v) is 7.13. The molecule has 202 valence electrons. The summed E-state index contributed by atoms with van der Waals surface area (Å²) in [6.07, 6.45) is 1.43. The van der Waals surface area contributed by atoms with Crippen LogP contribution >= 0.6 is 0 Å². The Labute approximate surface area is 227 Å². The van der Waals surface area contributed by atoms with Gasteiger partial charge < -0.3 is 23.5 Å². The SMILES string of the molecule is CCCOc1cccc(C2c3c(oc4c(C)cc(C)cc4c3=O)C(=O)N2CCc2ccc(OC)c(OC)c2)c1. The fourth-order valence-electron chi connectivity index (χ4n) is 5.33. The molecule has 1 unspecified atom stereocenters. The molecule has 1 amide bonds. The van der Waals surface area contributed by atoms with E-state index in [1.165, 1.54) is 0 Å². The fraction of sp³-hybridized carbons (Fsp3) is 0.312. The third-order valence-electron chi connectivity index (χ3n) is 7.13. The molecule has 0 aliphatic carbocycles. The lowest BCUT2D eigenvalue weighted by Gasteiger charge is -2.25. The molecule has 1 aliphatic heterocycles. The van der Waals surface area contributed by atoms with E-state index in [1.807, 2.05) is 75.4 Å². The molecule has 0 bridgehead atoms. The summed E-state index contributed by atoms with van der Waals surface area (Å²) in [6.45, 7) is 6.84. The van der Waals surface area contributed by atoms with Crippen molar-refractivity contribution < 1.29 is 23.4 Å². The van der Waals surface area contributed by atoms with Crippen LogP contribution < -0.4 is 19.6 Å². The van der Waals surface area contributed by atoms with Crippen molar-refractivity contribution in [1.82, 2.24) is 4.90 Å². The smallest absolute Gasteiger partial charge is 0.290 e. The molecule has 0 radical (unpaired) electrons. The van der Waals surface area contributed by atoms with Crippen LogP contribution in [0.5, 0.6) is 17.2 Å². The van der Waals surface area contributed by atoms with Crippen LogP contribution in [0.25, 0.3) is 11.0 Å². The van der Waals surface area contributed by atoms with Crippen molar-refractivity contribution >= 4 is 16.9 Å². The van der Waals surface area contributed by atoms with Gasteiger partial charge in [-0.15, -0.1) is 0 Å². The number of fused-ring (bicyclic) bond motifs is 2. The summed E-state index contributed by atoms with van der Waals surface area (Å²) in [5, 5.41) is 0.490. The number of aryl methyl sites for hydroxylation is 2. The van der Waals surface area contributed by atoms with Gasteiger partial charge in [-0.05, 0) is 79.3 Å². The van der Waals surface area contributed by atoms with Gasteiger partial charge in [0, 0.05) is 6.54 Å². The molecule has 1 atom stereocenters. The zero-order valence-corrected chi connectivity index (χ0v) is 23.0. The predicted molar refractivity (Wildman–Crippen MR) is 150 cm³/mol. The van der Waals surface area contributed by atoms with Gasteiger partial charge in [-0.2, -0.15) is 0 Å². The molecule has 0 spiro atoms. The van der Waals surface area contributed by atoms with E-state index in [1.54, 1.807) is 19.1 Å². The number of ether oxygens (including phenoxy) is 3. The maximum Gasteiger partial charge on any atom is 0.290 e. The van der Waals surface area contributed by atoms with Crippen LogP contribution in [0.2, 0.25) is 0 Å². The van der Waals surface area contributed by atoms with Gasteiger partial charge in [0.25, 0.3) is 5.91 Å². The monoisotopic (exact) mass is 527 g/mol. The van der Waals surface area contributed by atoms with Crippen molar-refractivity contribution in [2.24, 2.45) is 0 Å². The van der Waals surface area contributed by atoms with E-state index in [2.05, 4.69) is 0 Å². The highest BCUT2D eigenvalue weighted by Crippen LogP contribution is 2.40. The van der Waals surface area contributed by atoms with E-state index in [0.29, 0.717) is 53.4 Å². The number of hydrogen-bond acceptors (Lipinski definition) is 6. The lowest BCUT2D eigenvalue weighted by atomic mass is 9.97. The minimum atomic E-state index is -0.598. The molecule has 2 heterocycles. The number of nitrogens with zero attached hydrogens (tertiary/aromatic N) is 1. The molecule has 3 aromatic carbocycles. The average molecular weight is 528 g/mol. The highest BCUT2D eigenvalue weighted by molar-refractivity contribution is 5.99. The molecule has 7 nitrogen and oxygen atoms in total. The first-order valence-electron chi connectivity index (χ1n) is 13.2. The van der Waals surface area contributed by atoms with Crippen LogP contribution in [0.4, 0.5) is 0 Å². The Morgan fingerprint density at radius 1 is 0.949 bits per heavy atom. The van der Waals surface area contributed by atoms with Crippen molar-refractivity contribution in [2.75, 3.05) is 27.4 Å². The molecule has 0 saturated heterocycles. The summed E-state index contributed by atoms with van der Waals surface area (Å²) >= 11 is 0. The van der Waals surface area contributed by atoms with Gasteiger partial charge in [0.2, 0.25) is 5.76 Å². The second-order valence-corrected chi connectivity index (χ2v) is 9.89. The molecule has 0 saturated carbocycles. The van der Waals surface area contributed by atoms with Crippen LogP contribution in [0.15, 0.2) is 63.8 Å². The quantitative estimate of drug-likeness (QED) is 0.266. The Morgan fingerprint density at radius 2 is 1.74 bits per heavy atom. The zero-order chi connectivity index (χ0) is 27.7. The van der Waals surface area contributed by atoms with E-state index in [9.17, 15) is 9.59 Å². The van der Waals surface area contributed by atoms with Gasteiger partial charge in [-0.25, -0.2) is 0 Å². The Bertz CT molecular complexity index is 1600. The summed E-state index contributed by atoms with van der Waals surface area (Å²) in [4.78, 5) is 29.6. The predicted octanol–water partition coefficient (Wildman–Crippen LogP) is 6.00. The third kappa shape index (κ3) is 4.85. The summed E-state index contributed by atoms with van der Waals surface area (Å²) in [5.74, 6) is 1.77. The summed E-state index contributed by atoms with van der Waals surface area (Å²) in [7, 11) is 3.19. The largest absolute Gasteiger partial charge is 0.494 e. The molecule has 7 heteroatoms. The molecule has 4 aromatic rings. The normalized spacial score (nSPS) is 14.5. The van der Waals surface area contributed by atoms with Gasteiger partial charge in [-0.3, -0.25) is 9.59 Å². The second kappa shape index (κ2) is 10.8. The molecule has 39 heavy (non-hydrogen) atoms. The van der Waals surface area contributed by atoms with Crippen LogP contribution in [-0.2, 0) is 6.42 Å². The number of benzene rings is 3. The first-order valence-corrected chi connectivity index (χ1v) is 13.2. The molecular formula is C32H33NO6. The van der Waals surface area contributed by atoms with E-state index in [0.717, 1.165) is 28.7 Å². The standard InChI is InChI=1S/C32H33NO6/c1-6-14-38-23-9-7-8-22(18-23)28-27-29(34)24-16-19(2)15-20(3)30(24)39-31(27)32(35)33(28)13-12-21-10-11-25(36-4)26(17-21)37-5/h7-11,15-18,28H,6,12-14H2,1-5H3. The van der Waals surface area contributed by atoms with Crippen molar-refractivity contribution in [3.05, 3.63) is 98.4 Å². The number of carbonyl (C=O) groups excluding carboxylic acids is 1. The van der Waals surface area contributed by atoms with Crippen LogP contribution in [0.3, 0.4) is 0 Å². The Kier molecular flexibility index (Phi) is 7.33. The van der Waals surface area contributed by atoms with E-state index >= 15 is 0 Å². The van der Waals surface area contributed by atoms with Gasteiger partial charge in [-0.1, -0.05) is 31.2 Å². The number of amides is 1. The lowest BCUT2D eigenvalue weighted by Crippen LogP contribution is -2.31. The van der Waals surface area contributed by atoms with Gasteiger partial charge in [0.05, 0.1) is 37.8 Å². The summed E-state index contributed by atoms with van der Waals surface area (Å²) in [5.41, 5.74) is 4.23. The minimum absolute atomic E-state index is 0.108. The van der Waals surface area contributed by atoms with Crippen LogP contribution in [-0.4, -0.2) is 38.2 Å². The number of hydrogen-bond donors (Lipinski definition) is 0. The fourth-order valence-corrected chi connectivity index (χ4v) is 5.33. The van der Waals surface area contributed by atoms with Crippen molar-refractivity contribution in [3.8, 4) is 17.2 Å². The van der Waals surface area contributed by atoms with E-state index in [-0.39, 0.29) is 17.1 Å². The molecule has 0 N–H and O–H groups in total. The Morgan fingerprint density at radius 3 is 2.49 bits per heavy atom. The van der Waals surface area contributed by atoms with E-state index in [4.69, 9.17) is 18.6 Å². The molecular weight excluding hydrogens is 494 g/mol. The van der Waals surface area contributed by atoms with Crippen LogP contribution in [0, 0.1) is 13.8 Å². The highest BCUT2D eigenvalue weighted by Gasteiger charge is 2.42. The summed E-state index contributed by atoms with van der Waals surface area (Å²) < 4.78 is 22.9. The maximum absolute atomic E-state index is 14.0. The zero-order valence-electron chi connectivity index (χ0n) is 23.0. The second-order valence-electron chi connectivity index (χ2n) is 9.89. The molecule has 1 aromatic heterocycles.